The highest BCUT2D eigenvalue weighted by Gasteiger charge is 1.99. The molecule has 0 saturated carbocycles. The average Bonchev–Trinajstić information content (AvgIpc) is 2.01. The summed E-state index contributed by atoms with van der Waals surface area (Å²) in [7, 11) is 0. The molecule has 1 saturated heterocycles. The molecule has 58 valence electrons. The molecule has 0 radical (unpaired) electrons. The smallest absolute Gasteiger partial charge is 0.481 e. The first-order valence-electron chi connectivity index (χ1n) is 3.73. The topological polar surface area (TPSA) is 27.7 Å². The van der Waals surface area contributed by atoms with Crippen LogP contribution < -0.4 is 0 Å². The maximum absolute atomic E-state index is 5.27. The summed E-state index contributed by atoms with van der Waals surface area (Å²) in [5.41, 5.74) is 0. The predicted octanol–water partition coefficient (Wildman–Crippen LogP) is 0.0965. The number of hydrogen-bond donors (Lipinski definition) is 0. The van der Waals surface area contributed by atoms with E-state index in [1.807, 2.05) is 0 Å². The first-order chi connectivity index (χ1) is 5.00. The second-order valence-electron chi connectivity index (χ2n) is 2.25. The molecule has 0 aliphatic carbocycles. The van der Waals surface area contributed by atoms with Gasteiger partial charge < -0.3 is 12.3 Å². The molecule has 1 rings (SSSR count). The molecule has 0 aromatic carbocycles. The van der Waals surface area contributed by atoms with Crippen molar-refractivity contribution in [2.45, 2.75) is 12.8 Å². The third-order valence-corrected chi connectivity index (χ3v) is 2.23. The van der Waals surface area contributed by atoms with Crippen molar-refractivity contribution in [3.63, 3.8) is 0 Å². The van der Waals surface area contributed by atoms with Crippen LogP contribution in [-0.4, -0.2) is 42.3 Å². The fraction of sp³-hybridized carbons (Fsp3) is 1.00. The van der Waals surface area contributed by atoms with E-state index in [4.69, 9.17) is 12.3 Å². The quantitative estimate of drug-likeness (QED) is 0.470. The van der Waals surface area contributed by atoms with Crippen molar-refractivity contribution in [2.75, 3.05) is 26.4 Å². The van der Waals surface area contributed by atoms with Crippen LogP contribution in [-0.2, 0) is 12.3 Å². The predicted molar refractivity (Wildman–Crippen MR) is 39.1 cm³/mol. The van der Waals surface area contributed by atoms with E-state index < -0.39 is 15.9 Å². The molecule has 0 amide bonds. The van der Waals surface area contributed by atoms with Crippen LogP contribution in [0.5, 0.6) is 0 Å². The zero-order valence-corrected chi connectivity index (χ0v) is 7.59. The minimum atomic E-state index is -0.642. The van der Waals surface area contributed by atoms with Crippen molar-refractivity contribution in [3.05, 3.63) is 0 Å². The van der Waals surface area contributed by atoms with Gasteiger partial charge in [-0.15, -0.1) is 0 Å². The van der Waals surface area contributed by atoms with Crippen molar-refractivity contribution in [3.8, 4) is 0 Å². The first kappa shape index (κ1) is 8.51. The monoisotopic (exact) mass is 160 g/mol. The molecule has 1 aliphatic heterocycles. The molecule has 0 bridgehead atoms. The second-order valence-corrected chi connectivity index (χ2v) is 3.31. The van der Waals surface area contributed by atoms with Gasteiger partial charge in [-0.1, -0.05) is 0 Å². The minimum Gasteiger partial charge on any atom is -0.481 e. The van der Waals surface area contributed by atoms with Gasteiger partial charge in [0.1, 0.15) is 0 Å². The summed E-state index contributed by atoms with van der Waals surface area (Å²) < 4.78 is 15.8. The van der Waals surface area contributed by atoms with Gasteiger partial charge in [0.15, 0.2) is 0 Å². The molecule has 0 N–H and O–H groups in total. The third-order valence-electron chi connectivity index (χ3n) is 1.32. The molecule has 10 heavy (non-hydrogen) atoms. The Morgan fingerprint density at radius 3 is 2.00 bits per heavy atom. The van der Waals surface area contributed by atoms with Crippen LogP contribution in [0.4, 0.5) is 0 Å². The Morgan fingerprint density at radius 2 is 1.40 bits per heavy atom. The molecule has 1 heterocycles. The summed E-state index contributed by atoms with van der Waals surface area (Å²) >= 11 is -0.642. The van der Waals surface area contributed by atoms with Crippen LogP contribution in [0.1, 0.15) is 12.8 Å². The molecule has 0 unspecified atom stereocenters. The second kappa shape index (κ2) is 6.14. The Balaban J connectivity index is 2.00. The van der Waals surface area contributed by atoms with E-state index in [0.717, 1.165) is 39.3 Å². The van der Waals surface area contributed by atoms with E-state index >= 15 is 0 Å². The van der Waals surface area contributed by atoms with Gasteiger partial charge in [-0.05, 0) is 12.8 Å². The summed E-state index contributed by atoms with van der Waals surface area (Å²) in [6.45, 7) is 3.31. The number of ether oxygens (including phenoxy) is 1. The Bertz CT molecular complexity index is 46.2. The van der Waals surface area contributed by atoms with Crippen molar-refractivity contribution in [1.82, 2.24) is 0 Å². The summed E-state index contributed by atoms with van der Waals surface area (Å²) in [4.78, 5) is 0. The molecule has 0 atom stereocenters. The Labute approximate surface area is 68.0 Å². The highest BCUT2D eigenvalue weighted by molar-refractivity contribution is 6.17. The van der Waals surface area contributed by atoms with E-state index in [-0.39, 0.29) is 0 Å². The van der Waals surface area contributed by atoms with Gasteiger partial charge in [-0.25, -0.2) is 0 Å². The Morgan fingerprint density at radius 1 is 0.800 bits per heavy atom. The lowest BCUT2D eigenvalue weighted by Gasteiger charge is -2.09. The summed E-state index contributed by atoms with van der Waals surface area (Å²) in [6.07, 6.45) is 2.02. The maximum Gasteiger partial charge on any atom is 0.649 e. The zero-order chi connectivity index (χ0) is 7.07. The number of rotatable bonds is 0. The zero-order valence-electron chi connectivity index (χ0n) is 6.17. The Hall–Kier alpha value is 0.412. The van der Waals surface area contributed by atoms with E-state index in [0.29, 0.717) is 0 Å². The lowest BCUT2D eigenvalue weighted by atomic mass is 10.5. The molecule has 1 fully saturated rings. The SMILES string of the molecule is C1COCCC[O][AlH][O]C1. The van der Waals surface area contributed by atoms with Gasteiger partial charge in [-0.2, -0.15) is 0 Å². The third kappa shape index (κ3) is 4.26. The summed E-state index contributed by atoms with van der Waals surface area (Å²) in [6, 6.07) is 0. The fourth-order valence-corrected chi connectivity index (χ4v) is 1.57. The minimum absolute atomic E-state index is 0.642. The standard InChI is InChI=1S/C6H12O3.Al.H/c7-3-1-5-9-6-2-4-8;;/h1-6H2;;/q-2;+2;. The van der Waals surface area contributed by atoms with Gasteiger partial charge >= 0.3 is 15.9 Å². The van der Waals surface area contributed by atoms with E-state index in [9.17, 15) is 0 Å². The summed E-state index contributed by atoms with van der Waals surface area (Å²) in [5.74, 6) is 0. The van der Waals surface area contributed by atoms with Crippen molar-refractivity contribution in [1.29, 1.82) is 0 Å². The highest BCUT2D eigenvalue weighted by Crippen LogP contribution is 1.91. The molecule has 1 aliphatic rings. The average molecular weight is 160 g/mol. The molecule has 0 aromatic heterocycles. The van der Waals surface area contributed by atoms with Gasteiger partial charge in [0.05, 0.1) is 0 Å². The highest BCUT2D eigenvalue weighted by atomic mass is 27.2. The van der Waals surface area contributed by atoms with E-state index in [2.05, 4.69) is 0 Å². The number of hydrogen-bond acceptors (Lipinski definition) is 3. The molecular weight excluding hydrogens is 147 g/mol. The van der Waals surface area contributed by atoms with Crippen molar-refractivity contribution >= 4 is 15.9 Å². The van der Waals surface area contributed by atoms with E-state index in [1.165, 1.54) is 0 Å². The summed E-state index contributed by atoms with van der Waals surface area (Å²) in [5, 5.41) is 0. The lowest BCUT2D eigenvalue weighted by molar-refractivity contribution is 0.0888. The van der Waals surface area contributed by atoms with E-state index in [1.54, 1.807) is 0 Å². The van der Waals surface area contributed by atoms with Crippen LogP contribution in [0, 0.1) is 0 Å². The molecule has 0 aromatic rings. The molecule has 4 heteroatoms. The van der Waals surface area contributed by atoms with Crippen LogP contribution >= 0.6 is 0 Å². The van der Waals surface area contributed by atoms with Crippen molar-refractivity contribution < 1.29 is 12.3 Å². The van der Waals surface area contributed by atoms with Crippen LogP contribution in [0.2, 0.25) is 0 Å². The Kier molecular flexibility index (Phi) is 5.23. The molecule has 0 spiro atoms. The molecular formula is C6H13AlO3. The lowest BCUT2D eigenvalue weighted by Crippen LogP contribution is -2.12. The van der Waals surface area contributed by atoms with Gasteiger partial charge in [0, 0.05) is 26.4 Å². The maximum atomic E-state index is 5.27. The van der Waals surface area contributed by atoms with Crippen LogP contribution in [0.15, 0.2) is 0 Å². The largest absolute Gasteiger partial charge is 0.649 e. The van der Waals surface area contributed by atoms with Crippen LogP contribution in [0.3, 0.4) is 0 Å². The van der Waals surface area contributed by atoms with Crippen molar-refractivity contribution in [2.24, 2.45) is 0 Å². The molecule has 3 nitrogen and oxygen atoms in total. The normalized spacial score (nSPS) is 23.2. The van der Waals surface area contributed by atoms with Gasteiger partial charge in [-0.3, -0.25) is 0 Å². The fourth-order valence-electron chi connectivity index (χ4n) is 0.805. The van der Waals surface area contributed by atoms with Gasteiger partial charge in [0.25, 0.3) is 0 Å². The first-order valence-corrected chi connectivity index (χ1v) is 4.89. The van der Waals surface area contributed by atoms with Crippen LogP contribution in [0.25, 0.3) is 0 Å². The van der Waals surface area contributed by atoms with Gasteiger partial charge in [0.2, 0.25) is 0 Å².